The monoisotopic (exact) mass is 504 g/mol. The zero-order chi connectivity index (χ0) is 24.9. The Labute approximate surface area is 204 Å². The summed E-state index contributed by atoms with van der Waals surface area (Å²) >= 11 is 6.25. The van der Waals surface area contributed by atoms with E-state index in [0.717, 1.165) is 9.87 Å². The number of sulfonamides is 1. The number of rotatable bonds is 9. The van der Waals surface area contributed by atoms with Gasteiger partial charge in [-0.3, -0.25) is 9.10 Å². The Morgan fingerprint density at radius 2 is 1.50 bits per heavy atom. The van der Waals surface area contributed by atoms with Crippen molar-refractivity contribution < 1.29 is 27.4 Å². The Bertz CT molecular complexity index is 1280. The van der Waals surface area contributed by atoms with Crippen LogP contribution < -0.4 is 23.8 Å². The van der Waals surface area contributed by atoms with Crippen LogP contribution in [0.3, 0.4) is 0 Å². The van der Waals surface area contributed by atoms with E-state index in [1.165, 1.54) is 45.6 Å². The SMILES string of the molecule is COc1ccc(N(CC(=O)Nc2ccc(OC)c(OC)c2)S(=O)(=O)c2ccc(C)cc2)cc1Cl. The van der Waals surface area contributed by atoms with Crippen molar-refractivity contribution in [1.29, 1.82) is 0 Å². The van der Waals surface area contributed by atoms with Crippen molar-refractivity contribution in [2.45, 2.75) is 11.8 Å². The van der Waals surface area contributed by atoms with Gasteiger partial charge in [0.1, 0.15) is 12.3 Å². The maximum Gasteiger partial charge on any atom is 0.264 e. The fraction of sp³-hybridized carbons (Fsp3) is 0.208. The smallest absolute Gasteiger partial charge is 0.264 e. The second-order valence-corrected chi connectivity index (χ2v) is 9.53. The molecule has 3 aromatic carbocycles. The Morgan fingerprint density at radius 1 is 0.882 bits per heavy atom. The van der Waals surface area contributed by atoms with Crippen LogP contribution in [-0.2, 0) is 14.8 Å². The molecule has 0 saturated carbocycles. The van der Waals surface area contributed by atoms with Gasteiger partial charge in [0.2, 0.25) is 5.91 Å². The molecule has 0 aliphatic heterocycles. The van der Waals surface area contributed by atoms with Crippen molar-refractivity contribution in [3.8, 4) is 17.2 Å². The molecule has 0 bridgehead atoms. The number of nitrogens with one attached hydrogen (secondary N) is 1. The van der Waals surface area contributed by atoms with Crippen LogP contribution >= 0.6 is 11.6 Å². The van der Waals surface area contributed by atoms with E-state index in [9.17, 15) is 13.2 Å². The summed E-state index contributed by atoms with van der Waals surface area (Å²) in [5, 5.41) is 2.91. The zero-order valence-corrected chi connectivity index (χ0v) is 20.7. The van der Waals surface area contributed by atoms with Crippen molar-refractivity contribution in [2.75, 3.05) is 37.5 Å². The van der Waals surface area contributed by atoms with Gasteiger partial charge in [-0.2, -0.15) is 0 Å². The van der Waals surface area contributed by atoms with Crippen molar-refractivity contribution in [2.24, 2.45) is 0 Å². The Balaban J connectivity index is 1.96. The van der Waals surface area contributed by atoms with Crippen molar-refractivity contribution in [3.05, 3.63) is 71.2 Å². The molecule has 0 aromatic heterocycles. The Morgan fingerprint density at radius 3 is 2.09 bits per heavy atom. The quantitative estimate of drug-likeness (QED) is 0.461. The number of hydrogen-bond donors (Lipinski definition) is 1. The molecule has 1 amide bonds. The molecular formula is C24H25ClN2O6S. The van der Waals surface area contributed by atoms with Gasteiger partial charge < -0.3 is 19.5 Å². The number of carbonyl (C=O) groups excluding carboxylic acids is 1. The molecule has 34 heavy (non-hydrogen) atoms. The highest BCUT2D eigenvalue weighted by Crippen LogP contribution is 2.33. The van der Waals surface area contributed by atoms with E-state index < -0.39 is 22.5 Å². The average Bonchev–Trinajstić information content (AvgIpc) is 2.82. The highest BCUT2D eigenvalue weighted by atomic mass is 35.5. The summed E-state index contributed by atoms with van der Waals surface area (Å²) in [6, 6.07) is 15.7. The summed E-state index contributed by atoms with van der Waals surface area (Å²) in [7, 11) is 0.350. The molecule has 3 rings (SSSR count). The van der Waals surface area contributed by atoms with Gasteiger partial charge in [-0.1, -0.05) is 29.3 Å². The van der Waals surface area contributed by atoms with Crippen LogP contribution in [0.1, 0.15) is 5.56 Å². The van der Waals surface area contributed by atoms with Gasteiger partial charge in [-0.15, -0.1) is 0 Å². The van der Waals surface area contributed by atoms with Crippen LogP contribution in [-0.4, -0.2) is 42.2 Å². The van der Waals surface area contributed by atoms with Gasteiger partial charge in [0.25, 0.3) is 10.0 Å². The second-order valence-electron chi connectivity index (χ2n) is 7.26. The van der Waals surface area contributed by atoms with E-state index >= 15 is 0 Å². The van der Waals surface area contributed by atoms with Gasteiger partial charge >= 0.3 is 0 Å². The van der Waals surface area contributed by atoms with E-state index in [2.05, 4.69) is 5.32 Å². The number of hydrogen-bond acceptors (Lipinski definition) is 6. The fourth-order valence-electron chi connectivity index (χ4n) is 3.21. The molecule has 1 N–H and O–H groups in total. The Kier molecular flexibility index (Phi) is 7.90. The number of halogens is 1. The molecule has 0 atom stereocenters. The van der Waals surface area contributed by atoms with E-state index in [1.54, 1.807) is 36.4 Å². The summed E-state index contributed by atoms with van der Waals surface area (Å²) in [5.74, 6) is 0.742. The fourth-order valence-corrected chi connectivity index (χ4v) is 4.87. The maximum absolute atomic E-state index is 13.5. The van der Waals surface area contributed by atoms with Crippen LogP contribution in [0.2, 0.25) is 5.02 Å². The molecule has 0 heterocycles. The molecule has 0 spiro atoms. The zero-order valence-electron chi connectivity index (χ0n) is 19.2. The van der Waals surface area contributed by atoms with Crippen molar-refractivity contribution in [1.82, 2.24) is 0 Å². The number of ether oxygens (including phenoxy) is 3. The molecule has 0 aliphatic rings. The largest absolute Gasteiger partial charge is 0.495 e. The predicted molar refractivity (Wildman–Crippen MR) is 132 cm³/mol. The molecule has 0 unspecified atom stereocenters. The topological polar surface area (TPSA) is 94.2 Å². The number of benzene rings is 3. The van der Waals surface area contributed by atoms with E-state index in [0.29, 0.717) is 22.9 Å². The van der Waals surface area contributed by atoms with Crippen molar-refractivity contribution in [3.63, 3.8) is 0 Å². The lowest BCUT2D eigenvalue weighted by molar-refractivity contribution is -0.114. The van der Waals surface area contributed by atoms with Crippen LogP contribution in [0.25, 0.3) is 0 Å². The minimum absolute atomic E-state index is 0.0453. The third-order valence-corrected chi connectivity index (χ3v) is 7.07. The standard InChI is InChI=1S/C24H25ClN2O6S/c1-16-5-9-19(10-6-16)34(29,30)27(18-8-12-21(31-2)20(25)14-18)15-24(28)26-17-7-11-22(32-3)23(13-17)33-4/h5-14H,15H2,1-4H3,(H,26,28). The van der Waals surface area contributed by atoms with E-state index in [-0.39, 0.29) is 15.6 Å². The molecule has 3 aromatic rings. The van der Waals surface area contributed by atoms with E-state index in [4.69, 9.17) is 25.8 Å². The number of nitrogens with zero attached hydrogens (tertiary/aromatic N) is 1. The number of carbonyl (C=O) groups is 1. The van der Waals surface area contributed by atoms with Gasteiger partial charge in [-0.05, 0) is 49.4 Å². The first-order valence-electron chi connectivity index (χ1n) is 10.1. The van der Waals surface area contributed by atoms with E-state index in [1.807, 2.05) is 6.92 Å². The molecule has 0 fully saturated rings. The number of methoxy groups -OCH3 is 3. The highest BCUT2D eigenvalue weighted by molar-refractivity contribution is 7.92. The lowest BCUT2D eigenvalue weighted by Crippen LogP contribution is -2.38. The summed E-state index contributed by atoms with van der Waals surface area (Å²) in [5.41, 5.74) is 1.54. The normalized spacial score (nSPS) is 11.0. The first kappa shape index (κ1) is 25.2. The molecule has 0 saturated heterocycles. The third kappa shape index (κ3) is 5.55. The third-order valence-electron chi connectivity index (χ3n) is 4.99. The lowest BCUT2D eigenvalue weighted by atomic mass is 10.2. The van der Waals surface area contributed by atoms with Gasteiger partial charge in [0, 0.05) is 11.8 Å². The number of aryl methyl sites for hydroxylation is 1. The average molecular weight is 505 g/mol. The molecular weight excluding hydrogens is 480 g/mol. The summed E-state index contributed by atoms with van der Waals surface area (Å²) in [6.45, 7) is 1.36. The number of amides is 1. The predicted octanol–water partition coefficient (Wildman–Crippen LogP) is 4.51. The summed E-state index contributed by atoms with van der Waals surface area (Å²) < 4.78 is 43.7. The first-order chi connectivity index (χ1) is 16.2. The minimum Gasteiger partial charge on any atom is -0.495 e. The Hall–Kier alpha value is -3.43. The van der Waals surface area contributed by atoms with Gasteiger partial charge in [0.05, 0.1) is 36.9 Å². The summed E-state index contributed by atoms with van der Waals surface area (Å²) in [4.78, 5) is 13.0. The molecule has 0 radical (unpaired) electrons. The highest BCUT2D eigenvalue weighted by Gasteiger charge is 2.28. The van der Waals surface area contributed by atoms with Crippen LogP contribution in [0.4, 0.5) is 11.4 Å². The lowest BCUT2D eigenvalue weighted by Gasteiger charge is -2.25. The van der Waals surface area contributed by atoms with Gasteiger partial charge in [-0.25, -0.2) is 8.42 Å². The molecule has 8 nitrogen and oxygen atoms in total. The van der Waals surface area contributed by atoms with Gasteiger partial charge in [0.15, 0.2) is 11.5 Å². The van der Waals surface area contributed by atoms with Crippen molar-refractivity contribution >= 4 is 38.9 Å². The minimum atomic E-state index is -4.09. The van der Waals surface area contributed by atoms with Crippen LogP contribution in [0.5, 0.6) is 17.2 Å². The molecule has 10 heteroatoms. The molecule has 0 aliphatic carbocycles. The second kappa shape index (κ2) is 10.7. The van der Waals surface area contributed by atoms with Crippen LogP contribution in [0.15, 0.2) is 65.6 Å². The number of anilines is 2. The molecule has 180 valence electrons. The summed E-state index contributed by atoms with van der Waals surface area (Å²) in [6.07, 6.45) is 0. The first-order valence-corrected chi connectivity index (χ1v) is 12.0. The van der Waals surface area contributed by atoms with Crippen LogP contribution in [0, 0.1) is 6.92 Å². The maximum atomic E-state index is 13.5.